The summed E-state index contributed by atoms with van der Waals surface area (Å²) >= 11 is 6.07. The van der Waals surface area contributed by atoms with E-state index < -0.39 is 6.10 Å². The molecule has 0 aliphatic rings. The zero-order valence-electron chi connectivity index (χ0n) is 8.97. The standard InChI is InChI=1S/C12H17ClO/c1-4-5-12(14)10-6-8(2)9(3)7-11(10)13/h6-7,12,14H,4-5H2,1-3H3. The zero-order chi connectivity index (χ0) is 10.7. The van der Waals surface area contributed by atoms with Gasteiger partial charge in [-0.25, -0.2) is 0 Å². The summed E-state index contributed by atoms with van der Waals surface area (Å²) in [5, 5.41) is 10.5. The third-order valence-corrected chi connectivity index (χ3v) is 2.86. The Bertz CT molecular complexity index is 320. The van der Waals surface area contributed by atoms with E-state index in [0.717, 1.165) is 18.4 Å². The van der Waals surface area contributed by atoms with Crippen molar-refractivity contribution in [2.45, 2.75) is 39.7 Å². The van der Waals surface area contributed by atoms with Gasteiger partial charge in [0.1, 0.15) is 0 Å². The van der Waals surface area contributed by atoms with E-state index >= 15 is 0 Å². The first-order valence-electron chi connectivity index (χ1n) is 5.01. The molecule has 1 aromatic carbocycles. The van der Waals surface area contributed by atoms with E-state index in [1.807, 2.05) is 26.0 Å². The molecule has 0 bridgehead atoms. The van der Waals surface area contributed by atoms with Crippen molar-refractivity contribution < 1.29 is 5.11 Å². The lowest BCUT2D eigenvalue weighted by atomic mass is 10.00. The molecule has 1 atom stereocenters. The van der Waals surface area contributed by atoms with Crippen LogP contribution in [0.5, 0.6) is 0 Å². The van der Waals surface area contributed by atoms with Crippen LogP contribution in [0, 0.1) is 13.8 Å². The summed E-state index contributed by atoms with van der Waals surface area (Å²) < 4.78 is 0. The minimum atomic E-state index is -0.424. The summed E-state index contributed by atoms with van der Waals surface area (Å²) in [6.45, 7) is 6.11. The third-order valence-electron chi connectivity index (χ3n) is 2.53. The Kier molecular flexibility index (Phi) is 3.97. The van der Waals surface area contributed by atoms with Crippen molar-refractivity contribution in [1.29, 1.82) is 0 Å². The third kappa shape index (κ3) is 2.49. The molecule has 0 amide bonds. The molecular weight excluding hydrogens is 196 g/mol. The number of aliphatic hydroxyl groups is 1. The van der Waals surface area contributed by atoms with Crippen molar-refractivity contribution >= 4 is 11.6 Å². The fraction of sp³-hybridized carbons (Fsp3) is 0.500. The lowest BCUT2D eigenvalue weighted by Gasteiger charge is -2.13. The number of halogens is 1. The lowest BCUT2D eigenvalue weighted by Crippen LogP contribution is -1.99. The highest BCUT2D eigenvalue weighted by Crippen LogP contribution is 2.28. The van der Waals surface area contributed by atoms with Crippen LogP contribution in [0.4, 0.5) is 0 Å². The van der Waals surface area contributed by atoms with Crippen LogP contribution in [0.2, 0.25) is 5.02 Å². The predicted molar refractivity (Wildman–Crippen MR) is 60.8 cm³/mol. The van der Waals surface area contributed by atoms with Gasteiger partial charge in [-0.05, 0) is 43.0 Å². The molecule has 0 aliphatic carbocycles. The minimum Gasteiger partial charge on any atom is -0.388 e. The molecule has 1 unspecified atom stereocenters. The second-order valence-corrected chi connectivity index (χ2v) is 4.17. The van der Waals surface area contributed by atoms with Crippen molar-refractivity contribution in [2.75, 3.05) is 0 Å². The number of benzene rings is 1. The van der Waals surface area contributed by atoms with E-state index in [1.54, 1.807) is 0 Å². The summed E-state index contributed by atoms with van der Waals surface area (Å²) in [7, 11) is 0. The van der Waals surface area contributed by atoms with Gasteiger partial charge in [-0.15, -0.1) is 0 Å². The van der Waals surface area contributed by atoms with Gasteiger partial charge in [0.2, 0.25) is 0 Å². The van der Waals surface area contributed by atoms with E-state index in [2.05, 4.69) is 6.92 Å². The van der Waals surface area contributed by atoms with Gasteiger partial charge >= 0.3 is 0 Å². The second kappa shape index (κ2) is 4.81. The number of aryl methyl sites for hydroxylation is 2. The molecule has 0 fully saturated rings. The van der Waals surface area contributed by atoms with Gasteiger partial charge in [-0.2, -0.15) is 0 Å². The molecule has 1 N–H and O–H groups in total. The largest absolute Gasteiger partial charge is 0.388 e. The van der Waals surface area contributed by atoms with Crippen LogP contribution in [0.3, 0.4) is 0 Å². The molecule has 0 saturated heterocycles. The molecule has 0 radical (unpaired) electrons. The summed E-state index contributed by atoms with van der Waals surface area (Å²) in [4.78, 5) is 0. The molecule has 1 aromatic rings. The van der Waals surface area contributed by atoms with Crippen LogP contribution in [0.15, 0.2) is 12.1 Å². The molecule has 78 valence electrons. The van der Waals surface area contributed by atoms with Gasteiger partial charge in [0.05, 0.1) is 6.10 Å². The maximum Gasteiger partial charge on any atom is 0.0804 e. The van der Waals surface area contributed by atoms with Crippen LogP contribution >= 0.6 is 11.6 Å². The second-order valence-electron chi connectivity index (χ2n) is 3.76. The minimum absolute atomic E-state index is 0.424. The van der Waals surface area contributed by atoms with Crippen LogP contribution in [-0.4, -0.2) is 5.11 Å². The predicted octanol–water partition coefficient (Wildman–Crippen LogP) is 3.79. The van der Waals surface area contributed by atoms with Crippen molar-refractivity contribution in [3.05, 3.63) is 33.8 Å². The maximum absolute atomic E-state index is 9.83. The highest BCUT2D eigenvalue weighted by molar-refractivity contribution is 6.31. The maximum atomic E-state index is 9.83. The molecule has 14 heavy (non-hydrogen) atoms. The van der Waals surface area contributed by atoms with Crippen LogP contribution in [0.25, 0.3) is 0 Å². The molecule has 0 aliphatic heterocycles. The fourth-order valence-corrected chi connectivity index (χ4v) is 1.83. The van der Waals surface area contributed by atoms with Crippen molar-refractivity contribution in [3.63, 3.8) is 0 Å². The molecule has 0 spiro atoms. The van der Waals surface area contributed by atoms with Crippen LogP contribution < -0.4 is 0 Å². The first kappa shape index (κ1) is 11.5. The zero-order valence-corrected chi connectivity index (χ0v) is 9.73. The van der Waals surface area contributed by atoms with E-state index in [4.69, 9.17) is 11.6 Å². The van der Waals surface area contributed by atoms with Gasteiger partial charge in [0.25, 0.3) is 0 Å². The smallest absolute Gasteiger partial charge is 0.0804 e. The SMILES string of the molecule is CCCC(O)c1cc(C)c(C)cc1Cl. The van der Waals surface area contributed by atoms with Gasteiger partial charge in [-0.1, -0.05) is 31.0 Å². The molecular formula is C12H17ClO. The quantitative estimate of drug-likeness (QED) is 0.809. The van der Waals surface area contributed by atoms with E-state index in [-0.39, 0.29) is 0 Å². The van der Waals surface area contributed by atoms with Crippen LogP contribution in [-0.2, 0) is 0 Å². The fourth-order valence-electron chi connectivity index (χ4n) is 1.49. The molecule has 0 heterocycles. The molecule has 1 rings (SSSR count). The normalized spacial score (nSPS) is 12.9. The highest BCUT2D eigenvalue weighted by atomic mass is 35.5. The Balaban J connectivity index is 3.02. The monoisotopic (exact) mass is 212 g/mol. The Labute approximate surface area is 90.7 Å². The summed E-state index contributed by atoms with van der Waals surface area (Å²) in [5.74, 6) is 0. The van der Waals surface area contributed by atoms with Crippen LogP contribution in [0.1, 0.15) is 42.6 Å². The average molecular weight is 213 g/mol. The van der Waals surface area contributed by atoms with E-state index in [0.29, 0.717) is 5.02 Å². The Morgan fingerprint density at radius 2 is 1.86 bits per heavy atom. The Morgan fingerprint density at radius 1 is 1.29 bits per heavy atom. The first-order chi connectivity index (χ1) is 6.56. The Morgan fingerprint density at radius 3 is 2.43 bits per heavy atom. The molecule has 2 heteroatoms. The van der Waals surface area contributed by atoms with Crippen molar-refractivity contribution in [3.8, 4) is 0 Å². The number of hydrogen-bond donors (Lipinski definition) is 1. The molecule has 0 saturated carbocycles. The lowest BCUT2D eigenvalue weighted by molar-refractivity contribution is 0.166. The summed E-state index contributed by atoms with van der Waals surface area (Å²) in [5.41, 5.74) is 3.21. The van der Waals surface area contributed by atoms with Gasteiger partial charge in [-0.3, -0.25) is 0 Å². The number of aliphatic hydroxyl groups excluding tert-OH is 1. The highest BCUT2D eigenvalue weighted by Gasteiger charge is 2.11. The first-order valence-corrected chi connectivity index (χ1v) is 5.38. The molecule has 1 nitrogen and oxygen atoms in total. The molecule has 0 aromatic heterocycles. The summed E-state index contributed by atoms with van der Waals surface area (Å²) in [6.07, 6.45) is 1.30. The van der Waals surface area contributed by atoms with Gasteiger partial charge in [0, 0.05) is 5.02 Å². The number of rotatable bonds is 3. The Hall–Kier alpha value is -0.530. The van der Waals surface area contributed by atoms with Crippen molar-refractivity contribution in [1.82, 2.24) is 0 Å². The van der Waals surface area contributed by atoms with Crippen molar-refractivity contribution in [2.24, 2.45) is 0 Å². The summed E-state index contributed by atoms with van der Waals surface area (Å²) in [6, 6.07) is 3.91. The van der Waals surface area contributed by atoms with E-state index in [1.165, 1.54) is 11.1 Å². The van der Waals surface area contributed by atoms with Gasteiger partial charge < -0.3 is 5.11 Å². The average Bonchev–Trinajstić information content (AvgIpc) is 2.11. The number of hydrogen-bond acceptors (Lipinski definition) is 1. The topological polar surface area (TPSA) is 20.2 Å². The van der Waals surface area contributed by atoms with E-state index in [9.17, 15) is 5.11 Å². The van der Waals surface area contributed by atoms with Gasteiger partial charge in [0.15, 0.2) is 0 Å².